The lowest BCUT2D eigenvalue weighted by atomic mass is 10.3. The lowest BCUT2D eigenvalue weighted by molar-refractivity contribution is 0.247. The van der Waals surface area contributed by atoms with Crippen LogP contribution in [-0.2, 0) is 0 Å². The predicted molar refractivity (Wildman–Crippen MR) is 83.6 cm³/mol. The Hall–Kier alpha value is -2.89. The van der Waals surface area contributed by atoms with Gasteiger partial charge in [-0.1, -0.05) is 6.07 Å². The Morgan fingerprint density at radius 3 is 2.55 bits per heavy atom. The first kappa shape index (κ1) is 15.5. The number of aromatic hydroxyl groups is 1. The number of carbonyl (C=O) groups is 1. The van der Waals surface area contributed by atoms with Gasteiger partial charge < -0.3 is 25.2 Å². The zero-order valence-electron chi connectivity index (χ0n) is 12.2. The molecule has 2 aromatic rings. The van der Waals surface area contributed by atoms with Crippen molar-refractivity contribution in [2.45, 2.75) is 0 Å². The Morgan fingerprint density at radius 1 is 1.14 bits per heavy atom. The third-order valence-electron chi connectivity index (χ3n) is 2.82. The van der Waals surface area contributed by atoms with Crippen LogP contribution in [0.15, 0.2) is 48.5 Å². The highest BCUT2D eigenvalue weighted by Gasteiger charge is 2.02. The van der Waals surface area contributed by atoms with Crippen LogP contribution in [0.1, 0.15) is 0 Å². The van der Waals surface area contributed by atoms with E-state index in [1.165, 1.54) is 12.1 Å². The number of rotatable bonds is 6. The molecule has 2 amide bonds. The van der Waals surface area contributed by atoms with Gasteiger partial charge in [-0.2, -0.15) is 0 Å². The molecular formula is C16H18N2O4. The third kappa shape index (κ3) is 4.90. The molecule has 0 aliphatic rings. The van der Waals surface area contributed by atoms with Crippen molar-refractivity contribution >= 4 is 11.7 Å². The number of benzene rings is 2. The summed E-state index contributed by atoms with van der Waals surface area (Å²) in [6.07, 6.45) is 0. The number of phenolic OH excluding ortho intramolecular Hbond substituents is 1. The van der Waals surface area contributed by atoms with Crippen molar-refractivity contribution < 1.29 is 19.4 Å². The first-order valence-electron chi connectivity index (χ1n) is 6.78. The van der Waals surface area contributed by atoms with Crippen molar-refractivity contribution in [3.63, 3.8) is 0 Å². The topological polar surface area (TPSA) is 79.8 Å². The fourth-order valence-electron chi connectivity index (χ4n) is 1.76. The first-order chi connectivity index (χ1) is 10.7. The molecule has 0 aliphatic heterocycles. The van der Waals surface area contributed by atoms with Gasteiger partial charge in [0.25, 0.3) is 0 Å². The molecule has 0 aromatic heterocycles. The number of anilines is 1. The molecule has 2 aromatic carbocycles. The molecule has 6 heteroatoms. The largest absolute Gasteiger partial charge is 0.508 e. The lowest BCUT2D eigenvalue weighted by Crippen LogP contribution is -2.32. The Balaban J connectivity index is 1.68. The second-order valence-corrected chi connectivity index (χ2v) is 4.46. The van der Waals surface area contributed by atoms with Crippen molar-refractivity contribution in [2.24, 2.45) is 0 Å². The van der Waals surface area contributed by atoms with Crippen LogP contribution in [0.25, 0.3) is 0 Å². The number of hydrogen-bond donors (Lipinski definition) is 3. The van der Waals surface area contributed by atoms with Gasteiger partial charge >= 0.3 is 6.03 Å². The number of methoxy groups -OCH3 is 1. The lowest BCUT2D eigenvalue weighted by Gasteiger charge is -2.09. The molecule has 0 saturated heterocycles. The molecule has 0 fully saturated rings. The van der Waals surface area contributed by atoms with Gasteiger partial charge in [-0.25, -0.2) is 4.79 Å². The van der Waals surface area contributed by atoms with E-state index >= 15 is 0 Å². The quantitative estimate of drug-likeness (QED) is 0.717. The zero-order valence-corrected chi connectivity index (χ0v) is 12.2. The number of phenols is 1. The fourth-order valence-corrected chi connectivity index (χ4v) is 1.76. The number of nitrogens with one attached hydrogen (secondary N) is 2. The Morgan fingerprint density at radius 2 is 1.86 bits per heavy atom. The number of urea groups is 1. The van der Waals surface area contributed by atoms with Crippen molar-refractivity contribution in [1.29, 1.82) is 0 Å². The summed E-state index contributed by atoms with van der Waals surface area (Å²) in [4.78, 5) is 11.6. The second kappa shape index (κ2) is 7.78. The Labute approximate surface area is 128 Å². The van der Waals surface area contributed by atoms with Crippen LogP contribution in [0, 0.1) is 0 Å². The van der Waals surface area contributed by atoms with E-state index in [2.05, 4.69) is 10.6 Å². The molecule has 3 N–H and O–H groups in total. The van der Waals surface area contributed by atoms with Crippen molar-refractivity contribution in [2.75, 3.05) is 25.6 Å². The van der Waals surface area contributed by atoms with Gasteiger partial charge in [0, 0.05) is 11.8 Å². The number of ether oxygens (including phenoxy) is 2. The highest BCUT2D eigenvalue weighted by atomic mass is 16.5. The van der Waals surface area contributed by atoms with Gasteiger partial charge in [0.1, 0.15) is 23.9 Å². The van der Waals surface area contributed by atoms with Gasteiger partial charge in [0.2, 0.25) is 0 Å². The minimum Gasteiger partial charge on any atom is -0.508 e. The summed E-state index contributed by atoms with van der Waals surface area (Å²) in [5.74, 6) is 1.56. The molecule has 0 radical (unpaired) electrons. The Kier molecular flexibility index (Phi) is 5.48. The number of hydrogen-bond acceptors (Lipinski definition) is 4. The van der Waals surface area contributed by atoms with E-state index in [-0.39, 0.29) is 11.8 Å². The molecule has 0 spiro atoms. The maximum absolute atomic E-state index is 11.6. The van der Waals surface area contributed by atoms with Gasteiger partial charge in [0.15, 0.2) is 0 Å². The molecule has 2 rings (SSSR count). The zero-order chi connectivity index (χ0) is 15.8. The fraction of sp³-hybridized carbons (Fsp3) is 0.188. The molecule has 0 unspecified atom stereocenters. The summed E-state index contributed by atoms with van der Waals surface area (Å²) in [6, 6.07) is 13.2. The van der Waals surface area contributed by atoms with E-state index in [1.54, 1.807) is 43.5 Å². The first-order valence-corrected chi connectivity index (χ1v) is 6.78. The maximum atomic E-state index is 11.6. The van der Waals surface area contributed by atoms with Gasteiger partial charge in [-0.3, -0.25) is 0 Å². The van der Waals surface area contributed by atoms with Crippen molar-refractivity contribution in [1.82, 2.24) is 5.32 Å². The van der Waals surface area contributed by atoms with E-state index in [9.17, 15) is 9.90 Å². The SMILES string of the molecule is COc1ccc(OCCNC(=O)Nc2cccc(O)c2)cc1. The van der Waals surface area contributed by atoms with Crippen LogP contribution in [-0.4, -0.2) is 31.4 Å². The van der Waals surface area contributed by atoms with Crippen LogP contribution in [0.3, 0.4) is 0 Å². The maximum Gasteiger partial charge on any atom is 0.319 e. The summed E-state index contributed by atoms with van der Waals surface area (Å²) in [7, 11) is 1.60. The summed E-state index contributed by atoms with van der Waals surface area (Å²) in [5, 5.41) is 14.6. The summed E-state index contributed by atoms with van der Waals surface area (Å²) in [6.45, 7) is 0.705. The average Bonchev–Trinajstić information content (AvgIpc) is 2.52. The van der Waals surface area contributed by atoms with Crippen LogP contribution < -0.4 is 20.1 Å². The van der Waals surface area contributed by atoms with Crippen LogP contribution >= 0.6 is 0 Å². The summed E-state index contributed by atoms with van der Waals surface area (Å²) >= 11 is 0. The third-order valence-corrected chi connectivity index (χ3v) is 2.82. The Bertz CT molecular complexity index is 614. The minimum atomic E-state index is -0.357. The molecule has 0 aliphatic carbocycles. The average molecular weight is 302 g/mol. The van der Waals surface area contributed by atoms with E-state index < -0.39 is 0 Å². The molecule has 0 heterocycles. The van der Waals surface area contributed by atoms with Gasteiger partial charge in [0.05, 0.1) is 13.7 Å². The monoisotopic (exact) mass is 302 g/mol. The molecule has 6 nitrogen and oxygen atoms in total. The van der Waals surface area contributed by atoms with E-state index in [0.29, 0.717) is 24.6 Å². The summed E-state index contributed by atoms with van der Waals surface area (Å²) in [5.41, 5.74) is 0.522. The number of amides is 2. The molecule has 116 valence electrons. The molecule has 0 bridgehead atoms. The normalized spacial score (nSPS) is 9.86. The molecular weight excluding hydrogens is 284 g/mol. The van der Waals surface area contributed by atoms with Gasteiger partial charge in [-0.05, 0) is 36.4 Å². The highest BCUT2D eigenvalue weighted by Crippen LogP contribution is 2.17. The smallest absolute Gasteiger partial charge is 0.319 e. The molecule has 0 atom stereocenters. The van der Waals surface area contributed by atoms with Gasteiger partial charge in [-0.15, -0.1) is 0 Å². The minimum absolute atomic E-state index is 0.0978. The van der Waals surface area contributed by atoms with Crippen LogP contribution in [0.4, 0.5) is 10.5 Å². The predicted octanol–water partition coefficient (Wildman–Crippen LogP) is 2.60. The van der Waals surface area contributed by atoms with Crippen molar-refractivity contribution in [3.8, 4) is 17.2 Å². The highest BCUT2D eigenvalue weighted by molar-refractivity contribution is 5.89. The molecule has 0 saturated carbocycles. The van der Waals surface area contributed by atoms with E-state index in [0.717, 1.165) is 5.75 Å². The van der Waals surface area contributed by atoms with Crippen molar-refractivity contribution in [3.05, 3.63) is 48.5 Å². The van der Waals surface area contributed by atoms with E-state index in [1.807, 2.05) is 0 Å². The second-order valence-electron chi connectivity index (χ2n) is 4.46. The number of carbonyl (C=O) groups excluding carboxylic acids is 1. The standard InChI is InChI=1S/C16H18N2O4/c1-21-14-5-7-15(8-6-14)22-10-9-17-16(20)18-12-3-2-4-13(19)11-12/h2-8,11,19H,9-10H2,1H3,(H2,17,18,20). The molecule has 22 heavy (non-hydrogen) atoms. The van der Waals surface area contributed by atoms with Crippen LogP contribution in [0.2, 0.25) is 0 Å². The van der Waals surface area contributed by atoms with Crippen LogP contribution in [0.5, 0.6) is 17.2 Å². The summed E-state index contributed by atoms with van der Waals surface area (Å²) < 4.78 is 10.5. The van der Waals surface area contributed by atoms with E-state index in [4.69, 9.17) is 9.47 Å².